The van der Waals surface area contributed by atoms with Crippen molar-refractivity contribution in [1.82, 2.24) is 9.84 Å². The van der Waals surface area contributed by atoms with Gasteiger partial charge in [0, 0.05) is 12.7 Å². The molecule has 0 spiro atoms. The molecule has 1 aliphatic rings. The van der Waals surface area contributed by atoms with Gasteiger partial charge in [-0.05, 0) is 25.3 Å². The van der Waals surface area contributed by atoms with E-state index in [9.17, 15) is 0 Å². The molecule has 0 aliphatic carbocycles. The van der Waals surface area contributed by atoms with Crippen LogP contribution in [0.2, 0.25) is 0 Å². The van der Waals surface area contributed by atoms with Crippen molar-refractivity contribution < 1.29 is 0 Å². The summed E-state index contributed by atoms with van der Waals surface area (Å²) in [6.45, 7) is 2.99. The van der Waals surface area contributed by atoms with Crippen LogP contribution >= 0.6 is 12.8 Å². The lowest BCUT2D eigenvalue weighted by atomic mass is 10.4. The van der Waals surface area contributed by atoms with Crippen molar-refractivity contribution in [3.63, 3.8) is 0 Å². The fraction of sp³-hybridized carbons (Fsp3) is 0.500. The maximum Gasteiger partial charge on any atom is 0.0385 e. The summed E-state index contributed by atoms with van der Waals surface area (Å²) in [7, 11) is 0. The first-order chi connectivity index (χ1) is 3.29. The van der Waals surface area contributed by atoms with Crippen molar-refractivity contribution in [3.8, 4) is 0 Å². The Balaban J connectivity index is 2.50. The molecular weight excluding hydrogens is 108 g/mol. The van der Waals surface area contributed by atoms with Gasteiger partial charge in [-0.3, -0.25) is 4.41 Å². The number of hydrazine groups is 1. The Hall–Kier alpha value is -0.150. The number of hydrogen-bond acceptors (Lipinski definition) is 3. The minimum absolute atomic E-state index is 0.934. The Kier molecular flexibility index (Phi) is 1.25. The molecule has 0 saturated heterocycles. The highest BCUT2D eigenvalue weighted by atomic mass is 32.1. The fourth-order valence-corrected chi connectivity index (χ4v) is 0.774. The van der Waals surface area contributed by atoms with Gasteiger partial charge in [0.05, 0.1) is 0 Å². The Morgan fingerprint density at radius 3 is 2.86 bits per heavy atom. The summed E-state index contributed by atoms with van der Waals surface area (Å²) in [6.07, 6.45) is 1.95. The van der Waals surface area contributed by atoms with Gasteiger partial charge in [-0.2, -0.15) is 0 Å². The van der Waals surface area contributed by atoms with E-state index >= 15 is 0 Å². The Morgan fingerprint density at radius 1 is 2.00 bits per heavy atom. The highest BCUT2D eigenvalue weighted by molar-refractivity contribution is 7.77. The molecule has 0 amide bonds. The lowest BCUT2D eigenvalue weighted by Gasteiger charge is -2.02. The van der Waals surface area contributed by atoms with Crippen LogP contribution in [0, 0.1) is 0 Å². The molecule has 3 heteroatoms. The number of nitrogens with zero attached hydrogens (tertiary/aromatic N) is 1. The molecule has 0 aromatic carbocycles. The molecule has 1 N–H and O–H groups in total. The van der Waals surface area contributed by atoms with E-state index in [1.54, 1.807) is 4.41 Å². The standard InChI is InChI=1S/C4H8N2S/c1-4-2-5-6(7)3-4/h3,5,7H,2H2,1H3. The normalized spacial score (nSPS) is 20.3. The third kappa shape index (κ3) is 1.11. The summed E-state index contributed by atoms with van der Waals surface area (Å²) in [5.41, 5.74) is 4.29. The Bertz CT molecular complexity index is 99.9. The number of rotatable bonds is 0. The molecule has 0 saturated carbocycles. The van der Waals surface area contributed by atoms with Crippen LogP contribution in [0.1, 0.15) is 6.92 Å². The highest BCUT2D eigenvalue weighted by Crippen LogP contribution is 2.02. The van der Waals surface area contributed by atoms with Crippen LogP contribution in [0.4, 0.5) is 0 Å². The van der Waals surface area contributed by atoms with Crippen molar-refractivity contribution in [2.45, 2.75) is 6.92 Å². The molecule has 7 heavy (non-hydrogen) atoms. The average Bonchev–Trinajstić information content (AvgIpc) is 1.87. The summed E-state index contributed by atoms with van der Waals surface area (Å²) >= 11 is 4.00. The second kappa shape index (κ2) is 1.76. The second-order valence-corrected chi connectivity index (χ2v) is 2.09. The largest absolute Gasteiger partial charge is 0.261 e. The maximum absolute atomic E-state index is 4.00. The topological polar surface area (TPSA) is 15.3 Å². The van der Waals surface area contributed by atoms with Gasteiger partial charge >= 0.3 is 0 Å². The summed E-state index contributed by atoms with van der Waals surface area (Å²) < 4.78 is 1.66. The van der Waals surface area contributed by atoms with Crippen LogP contribution in [0.25, 0.3) is 0 Å². The third-order valence-electron chi connectivity index (χ3n) is 0.863. The van der Waals surface area contributed by atoms with Crippen LogP contribution in [0.3, 0.4) is 0 Å². The fourth-order valence-electron chi connectivity index (χ4n) is 0.506. The minimum atomic E-state index is 0.934. The van der Waals surface area contributed by atoms with Gasteiger partial charge in [0.25, 0.3) is 0 Å². The molecule has 0 bridgehead atoms. The first kappa shape index (κ1) is 5.00. The average molecular weight is 116 g/mol. The number of hydrogen-bond donors (Lipinski definition) is 2. The SMILES string of the molecule is CC1=CN(S)NC1. The van der Waals surface area contributed by atoms with Gasteiger partial charge in [-0.1, -0.05) is 0 Å². The maximum atomic E-state index is 4.00. The molecule has 40 valence electrons. The van der Waals surface area contributed by atoms with Crippen molar-refractivity contribution >= 4 is 12.8 Å². The zero-order valence-corrected chi connectivity index (χ0v) is 5.07. The van der Waals surface area contributed by atoms with Crippen molar-refractivity contribution in [2.75, 3.05) is 6.54 Å². The van der Waals surface area contributed by atoms with E-state index in [0.29, 0.717) is 0 Å². The predicted octanol–water partition coefficient (Wildman–Crippen LogP) is 0.555. The molecule has 0 aromatic heterocycles. The van der Waals surface area contributed by atoms with Gasteiger partial charge in [-0.15, -0.1) is 0 Å². The minimum Gasteiger partial charge on any atom is -0.261 e. The van der Waals surface area contributed by atoms with Crippen molar-refractivity contribution in [3.05, 3.63) is 11.8 Å². The van der Waals surface area contributed by atoms with Gasteiger partial charge in [0.1, 0.15) is 0 Å². The first-order valence-electron chi connectivity index (χ1n) is 2.18. The van der Waals surface area contributed by atoms with Crippen LogP contribution in [-0.4, -0.2) is 11.0 Å². The second-order valence-electron chi connectivity index (χ2n) is 1.65. The zero-order chi connectivity index (χ0) is 5.28. The molecular formula is C4H8N2S. The summed E-state index contributed by atoms with van der Waals surface area (Å²) in [5.74, 6) is 0. The van der Waals surface area contributed by atoms with Gasteiger partial charge in [-0.25, -0.2) is 5.43 Å². The van der Waals surface area contributed by atoms with Crippen molar-refractivity contribution in [2.24, 2.45) is 0 Å². The summed E-state index contributed by atoms with van der Waals surface area (Å²) in [4.78, 5) is 0. The lowest BCUT2D eigenvalue weighted by Crippen LogP contribution is -2.18. The summed E-state index contributed by atoms with van der Waals surface area (Å²) in [5, 5.41) is 0. The molecule has 0 atom stereocenters. The van der Waals surface area contributed by atoms with Crippen LogP contribution in [0.5, 0.6) is 0 Å². The zero-order valence-electron chi connectivity index (χ0n) is 4.18. The molecule has 1 heterocycles. The Morgan fingerprint density at radius 2 is 2.71 bits per heavy atom. The van der Waals surface area contributed by atoms with Crippen LogP contribution < -0.4 is 5.43 Å². The van der Waals surface area contributed by atoms with Crippen molar-refractivity contribution in [1.29, 1.82) is 0 Å². The Labute approximate surface area is 48.7 Å². The molecule has 0 fully saturated rings. The molecule has 0 aromatic rings. The van der Waals surface area contributed by atoms with E-state index in [0.717, 1.165) is 6.54 Å². The van der Waals surface area contributed by atoms with E-state index in [1.165, 1.54) is 5.57 Å². The third-order valence-corrected chi connectivity index (χ3v) is 1.12. The number of thiol groups is 1. The molecule has 1 rings (SSSR count). The molecule has 1 aliphatic heterocycles. The quantitative estimate of drug-likeness (QED) is 0.449. The van der Waals surface area contributed by atoms with Gasteiger partial charge < -0.3 is 0 Å². The number of nitrogens with one attached hydrogen (secondary N) is 1. The van der Waals surface area contributed by atoms with E-state index in [1.807, 2.05) is 6.20 Å². The monoisotopic (exact) mass is 116 g/mol. The summed E-state index contributed by atoms with van der Waals surface area (Å²) in [6, 6.07) is 0. The van der Waals surface area contributed by atoms with Gasteiger partial charge in [0.2, 0.25) is 0 Å². The molecule has 2 nitrogen and oxygen atoms in total. The van der Waals surface area contributed by atoms with E-state index in [2.05, 4.69) is 25.2 Å². The predicted molar refractivity (Wildman–Crippen MR) is 32.6 cm³/mol. The van der Waals surface area contributed by atoms with Gasteiger partial charge in [0.15, 0.2) is 0 Å². The van der Waals surface area contributed by atoms with Crippen LogP contribution in [-0.2, 0) is 0 Å². The van der Waals surface area contributed by atoms with Crippen LogP contribution in [0.15, 0.2) is 11.8 Å². The van der Waals surface area contributed by atoms with E-state index in [4.69, 9.17) is 0 Å². The first-order valence-corrected chi connectivity index (χ1v) is 2.58. The molecule has 0 unspecified atom stereocenters. The smallest absolute Gasteiger partial charge is 0.0385 e. The van der Waals surface area contributed by atoms with E-state index in [-0.39, 0.29) is 0 Å². The molecule has 0 radical (unpaired) electrons. The highest BCUT2D eigenvalue weighted by Gasteiger charge is 2.00. The van der Waals surface area contributed by atoms with E-state index < -0.39 is 0 Å². The lowest BCUT2D eigenvalue weighted by molar-refractivity contribution is 0.522.